The summed E-state index contributed by atoms with van der Waals surface area (Å²) in [6.07, 6.45) is 7.39. The van der Waals surface area contributed by atoms with E-state index in [4.69, 9.17) is 9.47 Å². The maximum absolute atomic E-state index is 5.77. The molecule has 2 rings (SSSR count). The summed E-state index contributed by atoms with van der Waals surface area (Å²) >= 11 is 0. The molecule has 2 N–H and O–H groups in total. The Hall–Kier alpha value is -0.810. The summed E-state index contributed by atoms with van der Waals surface area (Å²) in [6.45, 7) is 8.37. The second-order valence-corrected chi connectivity index (χ2v) is 6.40. The number of rotatable bonds is 10. The molecular formula is C17H33N3O2. The van der Waals surface area contributed by atoms with E-state index >= 15 is 0 Å². The summed E-state index contributed by atoms with van der Waals surface area (Å²) in [7, 11) is 0. The largest absolute Gasteiger partial charge is 0.381 e. The second-order valence-electron chi connectivity index (χ2n) is 6.40. The normalized spacial score (nSPS) is 20.1. The molecule has 0 aromatic rings. The van der Waals surface area contributed by atoms with Crippen molar-refractivity contribution in [3.05, 3.63) is 0 Å². The van der Waals surface area contributed by atoms with Crippen molar-refractivity contribution < 1.29 is 9.47 Å². The number of ether oxygens (including phenoxy) is 2. The minimum atomic E-state index is 0.693. The van der Waals surface area contributed by atoms with Gasteiger partial charge in [0.25, 0.3) is 0 Å². The van der Waals surface area contributed by atoms with Crippen molar-refractivity contribution in [3.63, 3.8) is 0 Å². The van der Waals surface area contributed by atoms with Crippen LogP contribution < -0.4 is 10.6 Å². The van der Waals surface area contributed by atoms with Crippen LogP contribution in [0.15, 0.2) is 4.99 Å². The molecule has 0 aromatic carbocycles. The summed E-state index contributed by atoms with van der Waals surface area (Å²) in [4.78, 5) is 4.61. The molecule has 0 bridgehead atoms. The zero-order valence-electron chi connectivity index (χ0n) is 14.1. The fourth-order valence-electron chi connectivity index (χ4n) is 2.66. The van der Waals surface area contributed by atoms with E-state index in [9.17, 15) is 0 Å². The molecule has 0 radical (unpaired) electrons. The van der Waals surface area contributed by atoms with Gasteiger partial charge in [0.15, 0.2) is 5.96 Å². The van der Waals surface area contributed by atoms with Crippen molar-refractivity contribution in [2.45, 2.75) is 45.4 Å². The molecule has 2 fully saturated rings. The van der Waals surface area contributed by atoms with E-state index in [1.807, 2.05) is 0 Å². The van der Waals surface area contributed by atoms with Crippen LogP contribution in [0, 0.1) is 11.8 Å². The molecule has 0 atom stereocenters. The zero-order chi connectivity index (χ0) is 15.5. The van der Waals surface area contributed by atoms with Crippen LogP contribution in [-0.4, -0.2) is 52.0 Å². The second kappa shape index (κ2) is 10.8. The van der Waals surface area contributed by atoms with Gasteiger partial charge in [0, 0.05) is 46.1 Å². The SMILES string of the molecule is CCNC(=NCCCOCC1CCOCC1)NCCC1CC1. The number of guanidine groups is 1. The van der Waals surface area contributed by atoms with Gasteiger partial charge in [-0.1, -0.05) is 12.8 Å². The van der Waals surface area contributed by atoms with Crippen LogP contribution >= 0.6 is 0 Å². The Balaban J connectivity index is 1.48. The van der Waals surface area contributed by atoms with Crippen molar-refractivity contribution >= 4 is 5.96 Å². The molecule has 5 heteroatoms. The van der Waals surface area contributed by atoms with Gasteiger partial charge < -0.3 is 20.1 Å². The summed E-state index contributed by atoms with van der Waals surface area (Å²) < 4.78 is 11.1. The number of hydrogen-bond donors (Lipinski definition) is 2. The molecule has 0 amide bonds. The molecule has 5 nitrogen and oxygen atoms in total. The maximum atomic E-state index is 5.77. The predicted octanol–water partition coefficient (Wildman–Crippen LogP) is 2.17. The van der Waals surface area contributed by atoms with Gasteiger partial charge in [-0.15, -0.1) is 0 Å². The highest BCUT2D eigenvalue weighted by Gasteiger charge is 2.20. The number of nitrogens with zero attached hydrogens (tertiary/aromatic N) is 1. The van der Waals surface area contributed by atoms with Gasteiger partial charge in [0.1, 0.15) is 0 Å². The third-order valence-corrected chi connectivity index (χ3v) is 4.30. The lowest BCUT2D eigenvalue weighted by atomic mass is 10.0. The molecule has 1 aliphatic carbocycles. The molecule has 128 valence electrons. The van der Waals surface area contributed by atoms with E-state index in [1.54, 1.807) is 0 Å². The molecule has 0 aromatic heterocycles. The summed E-state index contributed by atoms with van der Waals surface area (Å²) in [5, 5.41) is 6.72. The van der Waals surface area contributed by atoms with Crippen molar-refractivity contribution in [2.75, 3.05) is 46.1 Å². The van der Waals surface area contributed by atoms with E-state index in [0.29, 0.717) is 5.92 Å². The Bertz CT molecular complexity index is 313. The van der Waals surface area contributed by atoms with E-state index in [2.05, 4.69) is 22.5 Å². The number of aliphatic imine (C=N–C) groups is 1. The maximum Gasteiger partial charge on any atom is 0.191 e. The number of hydrogen-bond acceptors (Lipinski definition) is 3. The molecular weight excluding hydrogens is 278 g/mol. The molecule has 1 saturated heterocycles. The fraction of sp³-hybridized carbons (Fsp3) is 0.941. The summed E-state index contributed by atoms with van der Waals surface area (Å²) in [6, 6.07) is 0. The lowest BCUT2D eigenvalue weighted by Gasteiger charge is -2.21. The van der Waals surface area contributed by atoms with Crippen molar-refractivity contribution in [3.8, 4) is 0 Å². The van der Waals surface area contributed by atoms with E-state index in [-0.39, 0.29) is 0 Å². The predicted molar refractivity (Wildman–Crippen MR) is 90.3 cm³/mol. The molecule has 22 heavy (non-hydrogen) atoms. The Labute approximate surface area is 135 Å². The van der Waals surface area contributed by atoms with E-state index in [0.717, 1.165) is 77.2 Å². The van der Waals surface area contributed by atoms with Crippen LogP contribution in [0.25, 0.3) is 0 Å². The van der Waals surface area contributed by atoms with Crippen molar-refractivity contribution in [2.24, 2.45) is 16.8 Å². The van der Waals surface area contributed by atoms with Gasteiger partial charge in [-0.3, -0.25) is 4.99 Å². The lowest BCUT2D eigenvalue weighted by Crippen LogP contribution is -2.38. The highest BCUT2D eigenvalue weighted by molar-refractivity contribution is 5.79. The van der Waals surface area contributed by atoms with Crippen LogP contribution in [0.4, 0.5) is 0 Å². The quantitative estimate of drug-likeness (QED) is 0.369. The van der Waals surface area contributed by atoms with Crippen LogP contribution in [0.3, 0.4) is 0 Å². The van der Waals surface area contributed by atoms with Gasteiger partial charge in [0.05, 0.1) is 0 Å². The first-order valence-electron chi connectivity index (χ1n) is 9.06. The molecule has 1 heterocycles. The molecule has 0 spiro atoms. The van der Waals surface area contributed by atoms with Crippen LogP contribution in [0.2, 0.25) is 0 Å². The third kappa shape index (κ3) is 7.99. The van der Waals surface area contributed by atoms with Gasteiger partial charge >= 0.3 is 0 Å². The molecule has 0 unspecified atom stereocenters. The topological polar surface area (TPSA) is 54.9 Å². The van der Waals surface area contributed by atoms with Gasteiger partial charge in [0.2, 0.25) is 0 Å². The Morgan fingerprint density at radius 3 is 2.68 bits per heavy atom. The Morgan fingerprint density at radius 2 is 1.95 bits per heavy atom. The highest BCUT2D eigenvalue weighted by atomic mass is 16.5. The standard InChI is InChI=1S/C17H33N3O2/c1-2-18-17(20-10-6-15-4-5-15)19-9-3-11-22-14-16-7-12-21-13-8-16/h15-16H,2-14H2,1H3,(H2,18,19,20). The minimum Gasteiger partial charge on any atom is -0.381 e. The first-order valence-corrected chi connectivity index (χ1v) is 9.06. The fourth-order valence-corrected chi connectivity index (χ4v) is 2.66. The van der Waals surface area contributed by atoms with Crippen molar-refractivity contribution in [1.82, 2.24) is 10.6 Å². The first-order chi connectivity index (χ1) is 10.9. The Kier molecular flexibility index (Phi) is 8.64. The third-order valence-electron chi connectivity index (χ3n) is 4.30. The smallest absolute Gasteiger partial charge is 0.191 e. The molecule has 2 aliphatic rings. The van der Waals surface area contributed by atoms with Gasteiger partial charge in [-0.2, -0.15) is 0 Å². The Morgan fingerprint density at radius 1 is 1.14 bits per heavy atom. The average Bonchev–Trinajstić information content (AvgIpc) is 3.36. The van der Waals surface area contributed by atoms with Crippen molar-refractivity contribution in [1.29, 1.82) is 0 Å². The summed E-state index contributed by atoms with van der Waals surface area (Å²) in [5.41, 5.74) is 0. The van der Waals surface area contributed by atoms with Crippen LogP contribution in [-0.2, 0) is 9.47 Å². The monoisotopic (exact) mass is 311 g/mol. The number of nitrogens with one attached hydrogen (secondary N) is 2. The lowest BCUT2D eigenvalue weighted by molar-refractivity contribution is 0.0205. The van der Waals surface area contributed by atoms with Gasteiger partial charge in [-0.05, 0) is 44.4 Å². The minimum absolute atomic E-state index is 0.693. The average molecular weight is 311 g/mol. The van der Waals surface area contributed by atoms with Crippen LogP contribution in [0.5, 0.6) is 0 Å². The summed E-state index contributed by atoms with van der Waals surface area (Å²) in [5.74, 6) is 2.61. The molecule has 1 saturated carbocycles. The zero-order valence-corrected chi connectivity index (χ0v) is 14.1. The van der Waals surface area contributed by atoms with E-state index in [1.165, 1.54) is 19.3 Å². The first kappa shape index (κ1) is 17.5. The van der Waals surface area contributed by atoms with Crippen LogP contribution in [0.1, 0.15) is 45.4 Å². The highest BCUT2D eigenvalue weighted by Crippen LogP contribution is 2.31. The van der Waals surface area contributed by atoms with E-state index < -0.39 is 0 Å². The molecule has 1 aliphatic heterocycles. The van der Waals surface area contributed by atoms with Gasteiger partial charge in [-0.25, -0.2) is 0 Å².